The van der Waals surface area contributed by atoms with Crippen molar-refractivity contribution in [2.45, 2.75) is 23.7 Å². The predicted molar refractivity (Wildman–Crippen MR) is 67.5 cm³/mol. The first-order valence-corrected chi connectivity index (χ1v) is 7.47. The van der Waals surface area contributed by atoms with E-state index in [-0.39, 0.29) is 36.0 Å². The number of sulfonamides is 1. The van der Waals surface area contributed by atoms with Crippen LogP contribution in [0.4, 0.5) is 8.78 Å². The van der Waals surface area contributed by atoms with Gasteiger partial charge in [-0.15, -0.1) is 0 Å². The molecule has 8 heteroatoms. The Labute approximate surface area is 115 Å². The summed E-state index contributed by atoms with van der Waals surface area (Å²) in [5.41, 5.74) is 0. The average Bonchev–Trinajstić information content (AvgIpc) is 2.32. The van der Waals surface area contributed by atoms with Gasteiger partial charge in [0.2, 0.25) is 15.9 Å². The summed E-state index contributed by atoms with van der Waals surface area (Å²) < 4.78 is 58.2. The minimum atomic E-state index is -3.83. The Morgan fingerprint density at radius 1 is 1.35 bits per heavy atom. The standard InChI is InChI=1S/C12H15F2NO4S/c1-18-11-4-9(20(15,16)17)2-3-10(11)19-7-8-5-12(13,14)6-8/h2-4,8H,5-7H2,1H3,(H2,15,16,17). The fourth-order valence-electron chi connectivity index (χ4n) is 2.05. The molecule has 1 aliphatic rings. The van der Waals surface area contributed by atoms with Crippen LogP contribution in [0.1, 0.15) is 12.8 Å². The van der Waals surface area contributed by atoms with Crippen LogP contribution in [0, 0.1) is 5.92 Å². The molecule has 0 bridgehead atoms. The maximum absolute atomic E-state index is 12.7. The van der Waals surface area contributed by atoms with E-state index in [2.05, 4.69) is 0 Å². The number of hydrogen-bond donors (Lipinski definition) is 1. The molecule has 0 aliphatic heterocycles. The molecule has 1 saturated carbocycles. The zero-order chi connectivity index (χ0) is 15.0. The highest BCUT2D eigenvalue weighted by Gasteiger charge is 2.45. The van der Waals surface area contributed by atoms with Crippen LogP contribution in [0.2, 0.25) is 0 Å². The lowest BCUT2D eigenvalue weighted by Gasteiger charge is -2.34. The third kappa shape index (κ3) is 3.37. The lowest BCUT2D eigenvalue weighted by atomic mass is 9.82. The van der Waals surface area contributed by atoms with E-state index in [0.717, 1.165) is 0 Å². The summed E-state index contributed by atoms with van der Waals surface area (Å²) in [6, 6.07) is 3.91. The van der Waals surface area contributed by atoms with Gasteiger partial charge >= 0.3 is 0 Å². The van der Waals surface area contributed by atoms with Gasteiger partial charge in [-0.1, -0.05) is 0 Å². The second kappa shape index (κ2) is 5.17. The molecular weight excluding hydrogens is 292 g/mol. The zero-order valence-corrected chi connectivity index (χ0v) is 11.6. The van der Waals surface area contributed by atoms with E-state index in [4.69, 9.17) is 14.6 Å². The van der Waals surface area contributed by atoms with Gasteiger partial charge in [-0.25, -0.2) is 22.3 Å². The topological polar surface area (TPSA) is 78.6 Å². The Balaban J connectivity index is 2.05. The van der Waals surface area contributed by atoms with Gasteiger partial charge in [-0.2, -0.15) is 0 Å². The highest BCUT2D eigenvalue weighted by Crippen LogP contribution is 2.42. The van der Waals surface area contributed by atoms with Crippen LogP contribution in [-0.4, -0.2) is 28.1 Å². The molecule has 20 heavy (non-hydrogen) atoms. The van der Waals surface area contributed by atoms with E-state index in [0.29, 0.717) is 5.75 Å². The number of ether oxygens (including phenoxy) is 2. The SMILES string of the molecule is COc1cc(S(N)(=O)=O)ccc1OCC1CC(F)(F)C1. The van der Waals surface area contributed by atoms with Crippen LogP contribution in [-0.2, 0) is 10.0 Å². The van der Waals surface area contributed by atoms with Gasteiger partial charge in [0, 0.05) is 24.8 Å². The maximum Gasteiger partial charge on any atom is 0.248 e. The molecule has 0 saturated heterocycles. The highest BCUT2D eigenvalue weighted by molar-refractivity contribution is 7.89. The number of nitrogens with two attached hydrogens (primary N) is 1. The summed E-state index contributed by atoms with van der Waals surface area (Å²) in [6.45, 7) is 0.140. The Hall–Kier alpha value is -1.41. The van der Waals surface area contributed by atoms with E-state index in [9.17, 15) is 17.2 Å². The molecule has 0 atom stereocenters. The molecule has 0 spiro atoms. The first kappa shape index (κ1) is 15.0. The summed E-state index contributed by atoms with van der Waals surface area (Å²) in [5.74, 6) is -2.29. The molecule has 1 aliphatic carbocycles. The summed E-state index contributed by atoms with van der Waals surface area (Å²) in [6.07, 6.45) is -0.380. The Morgan fingerprint density at radius 2 is 2.00 bits per heavy atom. The molecule has 1 aromatic carbocycles. The quantitative estimate of drug-likeness (QED) is 0.899. The lowest BCUT2D eigenvalue weighted by Crippen LogP contribution is -2.38. The van der Waals surface area contributed by atoms with Crippen molar-refractivity contribution in [2.24, 2.45) is 11.1 Å². The normalized spacial score (nSPS) is 18.4. The summed E-state index contributed by atoms with van der Waals surface area (Å²) in [4.78, 5) is -0.100. The summed E-state index contributed by atoms with van der Waals surface area (Å²) in [7, 11) is -2.47. The van der Waals surface area contributed by atoms with Crippen LogP contribution in [0.3, 0.4) is 0 Å². The molecule has 0 unspecified atom stereocenters. The monoisotopic (exact) mass is 307 g/mol. The fraction of sp³-hybridized carbons (Fsp3) is 0.500. The van der Waals surface area contributed by atoms with E-state index in [1.54, 1.807) is 0 Å². The number of methoxy groups -OCH3 is 1. The van der Waals surface area contributed by atoms with Gasteiger partial charge < -0.3 is 9.47 Å². The van der Waals surface area contributed by atoms with Gasteiger partial charge in [-0.05, 0) is 12.1 Å². The van der Waals surface area contributed by atoms with Gasteiger partial charge in [0.15, 0.2) is 11.5 Å². The van der Waals surface area contributed by atoms with Crippen molar-refractivity contribution in [3.05, 3.63) is 18.2 Å². The average molecular weight is 307 g/mol. The van der Waals surface area contributed by atoms with Crippen molar-refractivity contribution in [3.63, 3.8) is 0 Å². The Bertz CT molecular complexity index is 595. The number of alkyl halides is 2. The van der Waals surface area contributed by atoms with Gasteiger partial charge in [0.05, 0.1) is 18.6 Å². The minimum Gasteiger partial charge on any atom is -0.493 e. The lowest BCUT2D eigenvalue weighted by molar-refractivity contribution is -0.119. The van der Waals surface area contributed by atoms with Crippen molar-refractivity contribution in [1.29, 1.82) is 0 Å². The summed E-state index contributed by atoms with van der Waals surface area (Å²) in [5, 5.41) is 5.01. The summed E-state index contributed by atoms with van der Waals surface area (Å²) >= 11 is 0. The zero-order valence-electron chi connectivity index (χ0n) is 10.8. The van der Waals surface area contributed by atoms with Crippen LogP contribution in [0.5, 0.6) is 11.5 Å². The molecule has 0 aromatic heterocycles. The molecule has 112 valence electrons. The molecule has 2 N–H and O–H groups in total. The van der Waals surface area contributed by atoms with Gasteiger partial charge in [-0.3, -0.25) is 0 Å². The highest BCUT2D eigenvalue weighted by atomic mass is 32.2. The molecule has 1 aromatic rings. The van der Waals surface area contributed by atoms with E-state index in [1.165, 1.54) is 25.3 Å². The molecule has 2 rings (SSSR count). The smallest absolute Gasteiger partial charge is 0.248 e. The van der Waals surface area contributed by atoms with Crippen molar-refractivity contribution < 1.29 is 26.7 Å². The Kier molecular flexibility index (Phi) is 3.88. The minimum absolute atomic E-state index is 0.100. The molecule has 0 heterocycles. The van der Waals surface area contributed by atoms with E-state index >= 15 is 0 Å². The third-order valence-corrected chi connectivity index (χ3v) is 4.02. The number of benzene rings is 1. The number of primary sulfonamides is 1. The fourth-order valence-corrected chi connectivity index (χ4v) is 2.58. The first-order valence-electron chi connectivity index (χ1n) is 5.93. The number of halogens is 2. The predicted octanol–water partition coefficient (Wildman–Crippen LogP) is 1.77. The van der Waals surface area contributed by atoms with Crippen LogP contribution in [0.25, 0.3) is 0 Å². The van der Waals surface area contributed by atoms with Crippen molar-refractivity contribution >= 4 is 10.0 Å². The van der Waals surface area contributed by atoms with Gasteiger partial charge in [0.25, 0.3) is 0 Å². The van der Waals surface area contributed by atoms with Gasteiger partial charge in [0.1, 0.15) is 0 Å². The number of hydrogen-bond acceptors (Lipinski definition) is 4. The number of rotatable bonds is 5. The maximum atomic E-state index is 12.7. The Morgan fingerprint density at radius 3 is 2.50 bits per heavy atom. The first-order chi connectivity index (χ1) is 9.21. The molecule has 0 amide bonds. The third-order valence-electron chi connectivity index (χ3n) is 3.11. The van der Waals surface area contributed by atoms with E-state index < -0.39 is 15.9 Å². The van der Waals surface area contributed by atoms with Crippen LogP contribution < -0.4 is 14.6 Å². The molecular formula is C12H15F2NO4S. The van der Waals surface area contributed by atoms with Crippen LogP contribution in [0.15, 0.2) is 23.1 Å². The molecule has 0 radical (unpaired) electrons. The van der Waals surface area contributed by atoms with Crippen molar-refractivity contribution in [2.75, 3.05) is 13.7 Å². The van der Waals surface area contributed by atoms with Crippen LogP contribution >= 0.6 is 0 Å². The molecule has 5 nitrogen and oxygen atoms in total. The molecule has 1 fully saturated rings. The second-order valence-electron chi connectivity index (χ2n) is 4.80. The van der Waals surface area contributed by atoms with Crippen molar-refractivity contribution in [3.8, 4) is 11.5 Å². The second-order valence-corrected chi connectivity index (χ2v) is 6.36. The van der Waals surface area contributed by atoms with Crippen molar-refractivity contribution in [1.82, 2.24) is 0 Å². The largest absolute Gasteiger partial charge is 0.493 e. The van der Waals surface area contributed by atoms with E-state index in [1.807, 2.05) is 0 Å².